The summed E-state index contributed by atoms with van der Waals surface area (Å²) in [6, 6.07) is 7.06. The minimum absolute atomic E-state index is 0.116. The van der Waals surface area contributed by atoms with Crippen molar-refractivity contribution in [1.29, 1.82) is 0 Å². The second kappa shape index (κ2) is 6.83. The van der Waals surface area contributed by atoms with Gasteiger partial charge in [-0.3, -0.25) is 9.78 Å². The Hall–Kier alpha value is -2.43. The number of nitrogens with zero attached hydrogens (tertiary/aromatic N) is 2. The monoisotopic (exact) mass is 284 g/mol. The lowest BCUT2D eigenvalue weighted by Gasteiger charge is -2.14. The van der Waals surface area contributed by atoms with Gasteiger partial charge >= 0.3 is 0 Å². The molecule has 2 rings (SSSR count). The number of anilines is 1. The normalized spacial score (nSPS) is 11.9. The van der Waals surface area contributed by atoms with E-state index in [4.69, 9.17) is 5.73 Å². The number of aryl methyl sites for hydroxylation is 1. The summed E-state index contributed by atoms with van der Waals surface area (Å²) in [6.07, 6.45) is 5.22. The molecule has 1 amide bonds. The van der Waals surface area contributed by atoms with Crippen LogP contribution in [0.15, 0.2) is 36.7 Å². The lowest BCUT2D eigenvalue weighted by atomic mass is 10.1. The van der Waals surface area contributed by atoms with Crippen LogP contribution in [0.5, 0.6) is 0 Å². The van der Waals surface area contributed by atoms with Crippen molar-refractivity contribution in [2.45, 2.75) is 32.7 Å². The number of nitrogens with one attached hydrogen (secondary N) is 1. The van der Waals surface area contributed by atoms with Crippen molar-refractivity contribution < 1.29 is 4.79 Å². The fraction of sp³-hybridized carbons (Fsp3) is 0.312. The highest BCUT2D eigenvalue weighted by molar-refractivity contribution is 5.95. The zero-order valence-corrected chi connectivity index (χ0v) is 12.3. The molecule has 2 aromatic rings. The number of rotatable bonds is 5. The van der Waals surface area contributed by atoms with Crippen LogP contribution in [0.2, 0.25) is 0 Å². The fourth-order valence-electron chi connectivity index (χ4n) is 2.12. The molecule has 3 N–H and O–H groups in total. The lowest BCUT2D eigenvalue weighted by Crippen LogP contribution is -2.27. The van der Waals surface area contributed by atoms with Crippen molar-refractivity contribution in [2.24, 2.45) is 0 Å². The summed E-state index contributed by atoms with van der Waals surface area (Å²) in [5, 5.41) is 2.95. The predicted octanol–water partition coefficient (Wildman–Crippen LogP) is 2.50. The van der Waals surface area contributed by atoms with Gasteiger partial charge in [-0.15, -0.1) is 0 Å². The van der Waals surface area contributed by atoms with E-state index in [1.165, 1.54) is 0 Å². The first-order chi connectivity index (χ1) is 10.1. The number of hydrogen-bond acceptors (Lipinski definition) is 4. The van der Waals surface area contributed by atoms with Crippen molar-refractivity contribution in [3.8, 4) is 0 Å². The Balaban J connectivity index is 2.13. The summed E-state index contributed by atoms with van der Waals surface area (Å²) in [5.74, 6) is 0.220. The maximum atomic E-state index is 12.3. The highest BCUT2D eigenvalue weighted by Crippen LogP contribution is 2.14. The largest absolute Gasteiger partial charge is 0.384 e. The number of carbonyl (C=O) groups is 1. The number of pyridine rings is 2. The highest BCUT2D eigenvalue weighted by Gasteiger charge is 2.13. The van der Waals surface area contributed by atoms with Gasteiger partial charge < -0.3 is 11.1 Å². The van der Waals surface area contributed by atoms with Crippen LogP contribution in [-0.4, -0.2) is 15.9 Å². The molecule has 0 radical (unpaired) electrons. The van der Waals surface area contributed by atoms with Gasteiger partial charge in [0.15, 0.2) is 0 Å². The zero-order valence-electron chi connectivity index (χ0n) is 12.3. The Labute approximate surface area is 124 Å². The maximum absolute atomic E-state index is 12.3. The van der Waals surface area contributed by atoms with Crippen molar-refractivity contribution >= 4 is 11.7 Å². The Morgan fingerprint density at radius 1 is 1.43 bits per heavy atom. The van der Waals surface area contributed by atoms with Gasteiger partial charge in [0.25, 0.3) is 5.91 Å². The van der Waals surface area contributed by atoms with Gasteiger partial charge in [-0.1, -0.05) is 19.4 Å². The standard InChI is InChI=1S/C16H20N4O/c1-3-5-14-8-13(9-15(17)20-14)16(21)19-11(2)12-6-4-7-18-10-12/h4,6-11H,3,5H2,1-2H3,(H2,17,20)(H,19,21). The number of nitrogen functional groups attached to an aromatic ring is 1. The topological polar surface area (TPSA) is 80.9 Å². The van der Waals surface area contributed by atoms with E-state index in [0.717, 1.165) is 24.1 Å². The molecule has 0 aliphatic carbocycles. The average molecular weight is 284 g/mol. The molecule has 0 fully saturated rings. The van der Waals surface area contributed by atoms with Crippen LogP contribution in [0.25, 0.3) is 0 Å². The molecular formula is C16H20N4O. The van der Waals surface area contributed by atoms with E-state index in [9.17, 15) is 4.79 Å². The van der Waals surface area contributed by atoms with Gasteiger partial charge in [-0.25, -0.2) is 4.98 Å². The van der Waals surface area contributed by atoms with Crippen LogP contribution in [0.1, 0.15) is 47.9 Å². The Kier molecular flexibility index (Phi) is 4.87. The van der Waals surface area contributed by atoms with Crippen LogP contribution >= 0.6 is 0 Å². The quantitative estimate of drug-likeness (QED) is 0.884. The van der Waals surface area contributed by atoms with Crippen molar-refractivity contribution in [2.75, 3.05) is 5.73 Å². The SMILES string of the molecule is CCCc1cc(C(=O)NC(C)c2cccnc2)cc(N)n1. The third kappa shape index (κ3) is 4.02. The molecule has 0 bridgehead atoms. The number of aromatic nitrogens is 2. The van der Waals surface area contributed by atoms with E-state index < -0.39 is 0 Å². The molecule has 1 atom stereocenters. The second-order valence-corrected chi connectivity index (χ2v) is 5.00. The Morgan fingerprint density at radius 2 is 2.24 bits per heavy atom. The van der Waals surface area contributed by atoms with E-state index in [2.05, 4.69) is 22.2 Å². The maximum Gasteiger partial charge on any atom is 0.251 e. The smallest absolute Gasteiger partial charge is 0.251 e. The summed E-state index contributed by atoms with van der Waals surface area (Å²) in [6.45, 7) is 3.99. The molecule has 5 nitrogen and oxygen atoms in total. The molecule has 0 aliphatic heterocycles. The van der Waals surface area contributed by atoms with E-state index in [-0.39, 0.29) is 11.9 Å². The third-order valence-electron chi connectivity index (χ3n) is 3.20. The van der Waals surface area contributed by atoms with Gasteiger partial charge in [0.05, 0.1) is 6.04 Å². The molecule has 2 aromatic heterocycles. The molecule has 2 heterocycles. The molecule has 0 saturated carbocycles. The zero-order chi connectivity index (χ0) is 15.2. The van der Waals surface area contributed by atoms with Crippen LogP contribution in [0.3, 0.4) is 0 Å². The molecule has 0 spiro atoms. The van der Waals surface area contributed by atoms with Crippen LogP contribution in [-0.2, 0) is 6.42 Å². The summed E-state index contributed by atoms with van der Waals surface area (Å²) < 4.78 is 0. The van der Waals surface area contributed by atoms with Gasteiger partial charge in [-0.2, -0.15) is 0 Å². The summed E-state index contributed by atoms with van der Waals surface area (Å²) in [7, 11) is 0. The first-order valence-corrected chi connectivity index (χ1v) is 7.07. The fourth-order valence-corrected chi connectivity index (χ4v) is 2.12. The van der Waals surface area contributed by atoms with Gasteiger partial charge in [0.1, 0.15) is 5.82 Å². The summed E-state index contributed by atoms with van der Waals surface area (Å²) in [4.78, 5) is 20.6. The van der Waals surface area contributed by atoms with Crippen molar-refractivity contribution in [3.05, 3.63) is 53.5 Å². The van der Waals surface area contributed by atoms with Crippen LogP contribution in [0, 0.1) is 0 Å². The molecule has 5 heteroatoms. The number of hydrogen-bond donors (Lipinski definition) is 2. The molecule has 0 aliphatic rings. The number of carbonyl (C=O) groups excluding carboxylic acids is 1. The molecule has 0 aromatic carbocycles. The summed E-state index contributed by atoms with van der Waals surface area (Å²) in [5.41, 5.74) is 8.12. The van der Waals surface area contributed by atoms with Gasteiger partial charge in [-0.05, 0) is 37.1 Å². The molecule has 1 unspecified atom stereocenters. The number of nitrogens with two attached hydrogens (primary N) is 1. The van der Waals surface area contributed by atoms with Gasteiger partial charge in [0, 0.05) is 23.7 Å². The minimum Gasteiger partial charge on any atom is -0.384 e. The number of amides is 1. The van der Waals surface area contributed by atoms with Crippen molar-refractivity contribution in [1.82, 2.24) is 15.3 Å². The predicted molar refractivity (Wildman–Crippen MR) is 82.8 cm³/mol. The first-order valence-electron chi connectivity index (χ1n) is 7.07. The average Bonchev–Trinajstić information content (AvgIpc) is 2.48. The van der Waals surface area contributed by atoms with Crippen molar-refractivity contribution in [3.63, 3.8) is 0 Å². The minimum atomic E-state index is -0.155. The Bertz CT molecular complexity index is 613. The molecule has 21 heavy (non-hydrogen) atoms. The van der Waals surface area contributed by atoms with Crippen LogP contribution in [0.4, 0.5) is 5.82 Å². The van der Waals surface area contributed by atoms with Gasteiger partial charge in [0.2, 0.25) is 0 Å². The molecule has 110 valence electrons. The molecular weight excluding hydrogens is 264 g/mol. The molecule has 0 saturated heterocycles. The first kappa shape index (κ1) is 15.0. The third-order valence-corrected chi connectivity index (χ3v) is 3.20. The highest BCUT2D eigenvalue weighted by atomic mass is 16.1. The lowest BCUT2D eigenvalue weighted by molar-refractivity contribution is 0.0939. The van der Waals surface area contributed by atoms with E-state index in [0.29, 0.717) is 11.4 Å². The summed E-state index contributed by atoms with van der Waals surface area (Å²) >= 11 is 0. The van der Waals surface area contributed by atoms with Crippen LogP contribution < -0.4 is 11.1 Å². The Morgan fingerprint density at radius 3 is 2.90 bits per heavy atom. The second-order valence-electron chi connectivity index (χ2n) is 5.00. The van der Waals surface area contributed by atoms with E-state index in [1.54, 1.807) is 24.5 Å². The van der Waals surface area contributed by atoms with E-state index >= 15 is 0 Å². The van der Waals surface area contributed by atoms with E-state index in [1.807, 2.05) is 19.1 Å².